The quantitative estimate of drug-likeness (QED) is 0.252. The lowest BCUT2D eigenvalue weighted by Crippen LogP contribution is -1.82. The normalized spacial score (nSPS) is 11.6. The highest BCUT2D eigenvalue weighted by atomic mass is 35.5. The van der Waals surface area contributed by atoms with Gasteiger partial charge in [-0.3, -0.25) is 4.99 Å². The summed E-state index contributed by atoms with van der Waals surface area (Å²) in [6.07, 6.45) is 1.71. The van der Waals surface area contributed by atoms with E-state index in [1.165, 1.54) is 0 Å². The minimum atomic E-state index is 0.523. The van der Waals surface area contributed by atoms with Crippen LogP contribution >= 0.6 is 23.2 Å². The Morgan fingerprint density at radius 2 is 1.62 bits per heavy atom. The summed E-state index contributed by atoms with van der Waals surface area (Å²) in [6, 6.07) is 20.9. The van der Waals surface area contributed by atoms with Gasteiger partial charge in [0, 0.05) is 21.2 Å². The maximum Gasteiger partial charge on any atom is 0.227 e. The van der Waals surface area contributed by atoms with Crippen molar-refractivity contribution in [3.8, 4) is 22.8 Å². The number of furan rings is 1. The molecule has 5 aromatic rings. The molecular formula is C26H18Cl2N2O2. The molecule has 0 bridgehead atoms. The maximum absolute atomic E-state index is 6.24. The molecule has 0 unspecified atom stereocenters. The van der Waals surface area contributed by atoms with Gasteiger partial charge < -0.3 is 8.83 Å². The Morgan fingerprint density at radius 3 is 2.47 bits per heavy atom. The smallest absolute Gasteiger partial charge is 0.227 e. The molecule has 0 fully saturated rings. The van der Waals surface area contributed by atoms with Crippen LogP contribution in [0.25, 0.3) is 33.9 Å². The number of nitrogens with zero attached hydrogens (tertiary/aromatic N) is 2. The van der Waals surface area contributed by atoms with Crippen molar-refractivity contribution in [2.75, 3.05) is 0 Å². The number of benzene rings is 3. The molecule has 158 valence electrons. The third-order valence-corrected chi connectivity index (χ3v) is 5.86. The Bertz CT molecular complexity index is 1480. The van der Waals surface area contributed by atoms with Crippen molar-refractivity contribution in [2.24, 2.45) is 4.99 Å². The van der Waals surface area contributed by atoms with Gasteiger partial charge in [0.2, 0.25) is 5.89 Å². The van der Waals surface area contributed by atoms with Gasteiger partial charge >= 0.3 is 0 Å². The predicted molar refractivity (Wildman–Crippen MR) is 130 cm³/mol. The van der Waals surface area contributed by atoms with Crippen LogP contribution < -0.4 is 0 Å². The van der Waals surface area contributed by atoms with Crippen molar-refractivity contribution >= 4 is 46.2 Å². The van der Waals surface area contributed by atoms with Crippen molar-refractivity contribution in [3.63, 3.8) is 0 Å². The van der Waals surface area contributed by atoms with E-state index >= 15 is 0 Å². The van der Waals surface area contributed by atoms with Gasteiger partial charge in [0.15, 0.2) is 5.58 Å². The van der Waals surface area contributed by atoms with Gasteiger partial charge in [0.1, 0.15) is 17.0 Å². The van der Waals surface area contributed by atoms with Gasteiger partial charge in [0.25, 0.3) is 0 Å². The monoisotopic (exact) mass is 460 g/mol. The van der Waals surface area contributed by atoms with E-state index in [4.69, 9.17) is 32.0 Å². The molecule has 0 spiro atoms. The van der Waals surface area contributed by atoms with Gasteiger partial charge in [0.05, 0.1) is 11.9 Å². The van der Waals surface area contributed by atoms with Crippen LogP contribution in [0.15, 0.2) is 80.6 Å². The van der Waals surface area contributed by atoms with Gasteiger partial charge in [-0.05, 0) is 73.5 Å². The first-order chi connectivity index (χ1) is 15.5. The summed E-state index contributed by atoms with van der Waals surface area (Å²) in [5, 5.41) is 1.33. The molecule has 2 heterocycles. The van der Waals surface area contributed by atoms with E-state index in [2.05, 4.69) is 9.98 Å². The Labute approximate surface area is 195 Å². The Hall–Kier alpha value is -3.34. The summed E-state index contributed by atoms with van der Waals surface area (Å²) in [5.74, 6) is 1.91. The van der Waals surface area contributed by atoms with Crippen LogP contribution in [0.4, 0.5) is 5.69 Å². The summed E-state index contributed by atoms with van der Waals surface area (Å²) in [5.41, 5.74) is 6.03. The molecule has 0 aliphatic carbocycles. The van der Waals surface area contributed by atoms with Crippen LogP contribution in [0.5, 0.6) is 0 Å². The molecule has 0 radical (unpaired) electrons. The molecule has 0 aliphatic heterocycles. The fourth-order valence-electron chi connectivity index (χ4n) is 3.36. The largest absolute Gasteiger partial charge is 0.455 e. The van der Waals surface area contributed by atoms with Crippen LogP contribution in [-0.2, 0) is 0 Å². The standard InChI is InChI=1S/C26H18Cl2N2O2/c1-15-3-5-17(11-21(15)28)24-10-8-20(31-24)14-29-22-12-18(6-4-16(22)2)26-30-23-13-19(27)7-9-25(23)32-26/h3-14H,1-2H3. The van der Waals surface area contributed by atoms with Crippen LogP contribution in [0.1, 0.15) is 16.9 Å². The van der Waals surface area contributed by atoms with Crippen molar-refractivity contribution in [1.82, 2.24) is 4.98 Å². The summed E-state index contributed by atoms with van der Waals surface area (Å²) in [7, 11) is 0. The van der Waals surface area contributed by atoms with Crippen LogP contribution in [0, 0.1) is 13.8 Å². The van der Waals surface area contributed by atoms with Crippen molar-refractivity contribution in [1.29, 1.82) is 0 Å². The molecule has 5 rings (SSSR count). The number of hydrogen-bond donors (Lipinski definition) is 0. The lowest BCUT2D eigenvalue weighted by molar-refractivity contribution is 0.575. The van der Waals surface area contributed by atoms with Crippen molar-refractivity contribution < 1.29 is 8.83 Å². The highest BCUT2D eigenvalue weighted by Gasteiger charge is 2.11. The molecule has 0 saturated carbocycles. The number of hydrogen-bond acceptors (Lipinski definition) is 4. The average Bonchev–Trinajstić information content (AvgIpc) is 3.42. The van der Waals surface area contributed by atoms with E-state index in [0.29, 0.717) is 27.3 Å². The second-order valence-electron chi connectivity index (χ2n) is 7.56. The second-order valence-corrected chi connectivity index (χ2v) is 8.40. The minimum absolute atomic E-state index is 0.523. The molecule has 0 N–H and O–H groups in total. The van der Waals surface area contributed by atoms with Crippen molar-refractivity contribution in [3.05, 3.63) is 93.7 Å². The third-order valence-electron chi connectivity index (χ3n) is 5.22. The van der Waals surface area contributed by atoms with Crippen molar-refractivity contribution in [2.45, 2.75) is 13.8 Å². The number of halogens is 2. The molecule has 0 saturated heterocycles. The zero-order valence-corrected chi connectivity index (χ0v) is 18.9. The van der Waals surface area contributed by atoms with E-state index < -0.39 is 0 Å². The number of aromatic nitrogens is 1. The third kappa shape index (κ3) is 4.07. The minimum Gasteiger partial charge on any atom is -0.455 e. The summed E-state index contributed by atoms with van der Waals surface area (Å²) in [4.78, 5) is 9.18. The average molecular weight is 461 g/mol. The summed E-state index contributed by atoms with van der Waals surface area (Å²) in [6.45, 7) is 3.98. The van der Waals surface area contributed by atoms with Gasteiger partial charge in [-0.1, -0.05) is 41.4 Å². The first-order valence-electron chi connectivity index (χ1n) is 10.0. The first kappa shape index (κ1) is 20.6. The molecule has 4 nitrogen and oxygen atoms in total. The van der Waals surface area contributed by atoms with Gasteiger partial charge in [-0.25, -0.2) is 4.98 Å². The van der Waals surface area contributed by atoms with E-state index in [-0.39, 0.29) is 0 Å². The number of fused-ring (bicyclic) bond motifs is 1. The summed E-state index contributed by atoms with van der Waals surface area (Å²) >= 11 is 12.3. The number of aryl methyl sites for hydroxylation is 2. The zero-order chi connectivity index (χ0) is 22.2. The summed E-state index contributed by atoms with van der Waals surface area (Å²) < 4.78 is 11.8. The van der Waals surface area contributed by atoms with E-state index in [1.54, 1.807) is 18.3 Å². The fraction of sp³-hybridized carbons (Fsp3) is 0.0769. The molecule has 6 heteroatoms. The fourth-order valence-corrected chi connectivity index (χ4v) is 3.71. The molecule has 32 heavy (non-hydrogen) atoms. The lowest BCUT2D eigenvalue weighted by Gasteiger charge is -2.02. The highest BCUT2D eigenvalue weighted by Crippen LogP contribution is 2.31. The molecule has 2 aromatic heterocycles. The Morgan fingerprint density at radius 1 is 0.812 bits per heavy atom. The highest BCUT2D eigenvalue weighted by molar-refractivity contribution is 6.31. The SMILES string of the molecule is Cc1ccc(-c2ccc(C=Nc3cc(-c4nc5cc(Cl)ccc5o4)ccc3C)o2)cc1Cl. The Kier molecular flexibility index (Phi) is 5.33. The van der Waals surface area contributed by atoms with E-state index in [1.807, 2.05) is 68.4 Å². The Balaban J connectivity index is 1.43. The lowest BCUT2D eigenvalue weighted by atomic mass is 10.1. The molecule has 0 amide bonds. The number of oxazole rings is 1. The molecule has 0 atom stereocenters. The first-order valence-corrected chi connectivity index (χ1v) is 10.8. The van der Waals surface area contributed by atoms with Crippen LogP contribution in [0.2, 0.25) is 10.0 Å². The van der Waals surface area contributed by atoms with Crippen LogP contribution in [-0.4, -0.2) is 11.2 Å². The molecule has 3 aromatic carbocycles. The zero-order valence-electron chi connectivity index (χ0n) is 17.4. The molecular weight excluding hydrogens is 443 g/mol. The second kappa shape index (κ2) is 8.30. The number of rotatable bonds is 4. The predicted octanol–water partition coefficient (Wildman–Crippen LogP) is 8.43. The van der Waals surface area contributed by atoms with Gasteiger partial charge in [-0.15, -0.1) is 0 Å². The van der Waals surface area contributed by atoms with E-state index in [9.17, 15) is 0 Å². The van der Waals surface area contributed by atoms with E-state index in [0.717, 1.165) is 39.2 Å². The molecule has 0 aliphatic rings. The maximum atomic E-state index is 6.24. The van der Waals surface area contributed by atoms with Crippen LogP contribution in [0.3, 0.4) is 0 Å². The topological polar surface area (TPSA) is 51.5 Å². The number of aliphatic imine (C=N–C) groups is 1. The van der Waals surface area contributed by atoms with Gasteiger partial charge in [-0.2, -0.15) is 0 Å².